The lowest BCUT2D eigenvalue weighted by Crippen LogP contribution is -2.50. The fraction of sp³-hybridized carbons (Fsp3) is 0.556. The van der Waals surface area contributed by atoms with E-state index in [9.17, 15) is 26.7 Å². The van der Waals surface area contributed by atoms with Crippen LogP contribution in [0.15, 0.2) is 4.52 Å². The first-order valence-corrected chi connectivity index (χ1v) is 4.72. The lowest BCUT2D eigenvalue weighted by atomic mass is 10.2. The van der Waals surface area contributed by atoms with E-state index in [4.69, 9.17) is 0 Å². The van der Waals surface area contributed by atoms with Gasteiger partial charge in [-0.15, -0.1) is 0 Å². The molecule has 1 heterocycles. The zero-order valence-corrected chi connectivity index (χ0v) is 9.36. The minimum atomic E-state index is -5.92. The lowest BCUT2D eigenvalue weighted by Gasteiger charge is -2.18. The third kappa shape index (κ3) is 2.59. The molecule has 0 fully saturated rings. The number of rotatable bonds is 3. The maximum absolute atomic E-state index is 12.6. The Morgan fingerprint density at radius 2 is 1.83 bits per heavy atom. The molecule has 4 nitrogen and oxygen atoms in total. The summed E-state index contributed by atoms with van der Waals surface area (Å²) >= 11 is 0. The van der Waals surface area contributed by atoms with Crippen LogP contribution in [-0.4, -0.2) is 23.2 Å². The minimum Gasteiger partial charge on any atom is -0.361 e. The van der Waals surface area contributed by atoms with E-state index in [-0.39, 0.29) is 11.3 Å². The topological polar surface area (TPSA) is 55.1 Å². The Balaban J connectivity index is 2.74. The summed E-state index contributed by atoms with van der Waals surface area (Å²) in [7, 11) is 0. The maximum atomic E-state index is 12.6. The number of aromatic nitrogens is 1. The SMILES string of the molecule is Cc1noc(C)c1CNC(=O)C(F)(F)C(F)(F)F. The number of alkyl halides is 5. The van der Waals surface area contributed by atoms with Crippen LogP contribution in [0.3, 0.4) is 0 Å². The van der Waals surface area contributed by atoms with Gasteiger partial charge in [-0.25, -0.2) is 0 Å². The number of halogens is 5. The molecule has 0 atom stereocenters. The van der Waals surface area contributed by atoms with Crippen molar-refractivity contribution < 1.29 is 31.3 Å². The summed E-state index contributed by atoms with van der Waals surface area (Å²) in [5.74, 6) is -7.59. The highest BCUT2D eigenvalue weighted by Gasteiger charge is 2.63. The Labute approximate surface area is 98.1 Å². The molecule has 0 radical (unpaired) electrons. The predicted molar refractivity (Wildman–Crippen MR) is 48.8 cm³/mol. The molecular formula is C9H9F5N2O2. The van der Waals surface area contributed by atoms with Crippen LogP contribution in [0.4, 0.5) is 22.0 Å². The smallest absolute Gasteiger partial charge is 0.361 e. The zero-order chi connectivity index (χ0) is 14.1. The van der Waals surface area contributed by atoms with Crippen LogP contribution in [0.2, 0.25) is 0 Å². The van der Waals surface area contributed by atoms with Crippen molar-refractivity contribution in [1.29, 1.82) is 0 Å². The Hall–Kier alpha value is -1.67. The van der Waals surface area contributed by atoms with E-state index in [2.05, 4.69) is 9.68 Å². The van der Waals surface area contributed by atoms with Gasteiger partial charge < -0.3 is 9.84 Å². The number of nitrogens with one attached hydrogen (secondary N) is 1. The summed E-state index contributed by atoms with van der Waals surface area (Å²) in [5, 5.41) is 4.97. The molecule has 1 N–H and O–H groups in total. The van der Waals surface area contributed by atoms with Crippen molar-refractivity contribution >= 4 is 5.91 Å². The highest BCUT2D eigenvalue weighted by molar-refractivity contribution is 5.84. The second-order valence-electron chi connectivity index (χ2n) is 3.56. The Morgan fingerprint density at radius 3 is 2.22 bits per heavy atom. The number of amides is 1. The Bertz CT molecular complexity index is 433. The summed E-state index contributed by atoms with van der Waals surface area (Å²) in [6, 6.07) is 0. The van der Waals surface area contributed by atoms with E-state index in [0.29, 0.717) is 5.69 Å². The monoisotopic (exact) mass is 272 g/mol. The van der Waals surface area contributed by atoms with Crippen molar-refractivity contribution in [2.75, 3.05) is 0 Å². The molecule has 0 spiro atoms. The van der Waals surface area contributed by atoms with Crippen molar-refractivity contribution in [2.24, 2.45) is 0 Å². The molecule has 0 saturated carbocycles. The fourth-order valence-corrected chi connectivity index (χ4v) is 1.16. The quantitative estimate of drug-likeness (QED) is 0.857. The molecule has 1 rings (SSSR count). The number of carbonyl (C=O) groups is 1. The number of nitrogens with zero attached hydrogens (tertiary/aromatic N) is 1. The van der Waals surface area contributed by atoms with Crippen LogP contribution in [0.5, 0.6) is 0 Å². The first-order valence-electron chi connectivity index (χ1n) is 4.72. The second kappa shape index (κ2) is 4.54. The van der Waals surface area contributed by atoms with Crippen molar-refractivity contribution in [2.45, 2.75) is 32.5 Å². The van der Waals surface area contributed by atoms with E-state index in [1.807, 2.05) is 0 Å². The summed E-state index contributed by atoms with van der Waals surface area (Å²) in [5.41, 5.74) is 0.574. The van der Waals surface area contributed by atoms with E-state index < -0.39 is 24.6 Å². The highest BCUT2D eigenvalue weighted by atomic mass is 19.4. The van der Waals surface area contributed by atoms with Gasteiger partial charge in [-0.05, 0) is 13.8 Å². The van der Waals surface area contributed by atoms with Gasteiger partial charge in [-0.1, -0.05) is 5.16 Å². The van der Waals surface area contributed by atoms with Gasteiger partial charge in [-0.3, -0.25) is 4.79 Å². The molecule has 0 unspecified atom stereocenters. The van der Waals surface area contributed by atoms with Gasteiger partial charge in [0.2, 0.25) is 0 Å². The standard InChI is InChI=1S/C9H9F5N2O2/c1-4-6(5(2)18-16-4)3-15-7(17)8(10,11)9(12,13)14/h3H2,1-2H3,(H,15,17). The lowest BCUT2D eigenvalue weighted by molar-refractivity contribution is -0.269. The van der Waals surface area contributed by atoms with Gasteiger partial charge in [0.15, 0.2) is 0 Å². The molecule has 1 aromatic rings. The predicted octanol–water partition coefficient (Wildman–Crippen LogP) is 2.11. The van der Waals surface area contributed by atoms with Gasteiger partial charge in [0.1, 0.15) is 5.76 Å². The van der Waals surface area contributed by atoms with Gasteiger partial charge >= 0.3 is 18.0 Å². The molecule has 1 aromatic heterocycles. The molecule has 0 saturated heterocycles. The van der Waals surface area contributed by atoms with Crippen molar-refractivity contribution in [3.05, 3.63) is 17.0 Å². The third-order valence-corrected chi connectivity index (χ3v) is 2.25. The fourth-order valence-electron chi connectivity index (χ4n) is 1.16. The Morgan fingerprint density at radius 1 is 1.28 bits per heavy atom. The Kier molecular flexibility index (Phi) is 3.63. The van der Waals surface area contributed by atoms with Gasteiger partial charge in [-0.2, -0.15) is 22.0 Å². The minimum absolute atomic E-state index is 0.239. The van der Waals surface area contributed by atoms with Gasteiger partial charge in [0, 0.05) is 12.1 Å². The van der Waals surface area contributed by atoms with E-state index in [1.54, 1.807) is 0 Å². The normalized spacial score (nSPS) is 12.6. The summed E-state index contributed by atoms with van der Waals surface area (Å²) in [4.78, 5) is 10.8. The molecule has 102 valence electrons. The summed E-state index contributed by atoms with van der Waals surface area (Å²) in [6.07, 6.45) is -5.92. The number of hydrogen-bond donors (Lipinski definition) is 1. The van der Waals surface area contributed by atoms with Crippen LogP contribution in [0, 0.1) is 13.8 Å². The van der Waals surface area contributed by atoms with Gasteiger partial charge in [0.25, 0.3) is 0 Å². The van der Waals surface area contributed by atoms with Crippen LogP contribution in [-0.2, 0) is 11.3 Å². The van der Waals surface area contributed by atoms with Crippen molar-refractivity contribution in [3.63, 3.8) is 0 Å². The van der Waals surface area contributed by atoms with Gasteiger partial charge in [0.05, 0.1) is 5.69 Å². The summed E-state index contributed by atoms with van der Waals surface area (Å²) in [6.45, 7) is 2.41. The van der Waals surface area contributed by atoms with E-state index >= 15 is 0 Å². The zero-order valence-electron chi connectivity index (χ0n) is 9.36. The molecule has 9 heteroatoms. The first-order chi connectivity index (χ1) is 8.07. The molecular weight excluding hydrogens is 263 g/mol. The molecule has 1 amide bonds. The third-order valence-electron chi connectivity index (χ3n) is 2.25. The number of aryl methyl sites for hydroxylation is 2. The van der Waals surface area contributed by atoms with Crippen LogP contribution in [0.25, 0.3) is 0 Å². The average Bonchev–Trinajstić information content (AvgIpc) is 2.54. The average molecular weight is 272 g/mol. The molecule has 0 aliphatic carbocycles. The molecule has 18 heavy (non-hydrogen) atoms. The molecule has 0 aromatic carbocycles. The van der Waals surface area contributed by atoms with Crippen LogP contribution < -0.4 is 5.32 Å². The van der Waals surface area contributed by atoms with Crippen molar-refractivity contribution in [1.82, 2.24) is 10.5 Å². The molecule has 0 aliphatic rings. The number of hydrogen-bond acceptors (Lipinski definition) is 3. The number of carbonyl (C=O) groups excluding carboxylic acids is 1. The van der Waals surface area contributed by atoms with E-state index in [0.717, 1.165) is 0 Å². The van der Waals surface area contributed by atoms with E-state index in [1.165, 1.54) is 19.2 Å². The molecule has 0 aliphatic heterocycles. The first kappa shape index (κ1) is 14.4. The molecule has 0 bridgehead atoms. The maximum Gasteiger partial charge on any atom is 0.463 e. The largest absolute Gasteiger partial charge is 0.463 e. The van der Waals surface area contributed by atoms with Crippen LogP contribution in [0.1, 0.15) is 17.0 Å². The van der Waals surface area contributed by atoms with Crippen molar-refractivity contribution in [3.8, 4) is 0 Å². The van der Waals surface area contributed by atoms with Crippen LogP contribution >= 0.6 is 0 Å². The highest BCUT2D eigenvalue weighted by Crippen LogP contribution is 2.35. The summed E-state index contributed by atoms with van der Waals surface area (Å²) < 4.78 is 65.4. The second-order valence-corrected chi connectivity index (χ2v) is 3.56.